The number of esters is 1. The first kappa shape index (κ1) is 19.8. The van der Waals surface area contributed by atoms with Crippen LogP contribution in [0.2, 0.25) is 5.02 Å². The zero-order valence-electron chi connectivity index (χ0n) is 14.6. The first-order chi connectivity index (χ1) is 13.3. The zero-order chi connectivity index (χ0) is 20.5. The van der Waals surface area contributed by atoms with Crippen molar-refractivity contribution >= 4 is 45.0 Å². The summed E-state index contributed by atoms with van der Waals surface area (Å²) in [6.45, 7) is 0. The molecule has 2 aromatic carbocycles. The van der Waals surface area contributed by atoms with E-state index in [9.17, 15) is 22.8 Å². The summed E-state index contributed by atoms with van der Waals surface area (Å²) >= 11 is 5.88. The van der Waals surface area contributed by atoms with Crippen LogP contribution in [0.15, 0.2) is 53.4 Å². The number of imide groups is 1. The van der Waals surface area contributed by atoms with Crippen molar-refractivity contribution in [1.82, 2.24) is 4.90 Å². The predicted octanol–water partition coefficient (Wildman–Crippen LogP) is 2.69. The number of hydrogen-bond donors (Lipinski definition) is 1. The summed E-state index contributed by atoms with van der Waals surface area (Å²) in [6, 6.07) is 10.6. The van der Waals surface area contributed by atoms with Gasteiger partial charge in [-0.2, -0.15) is 0 Å². The molecule has 0 aromatic heterocycles. The molecule has 146 valence electrons. The molecule has 0 aliphatic carbocycles. The van der Waals surface area contributed by atoms with Gasteiger partial charge >= 0.3 is 12.0 Å². The number of ether oxygens (including phenoxy) is 1. The number of carbonyl (C=O) groups excluding carboxylic acids is 3. The van der Waals surface area contributed by atoms with E-state index in [0.29, 0.717) is 9.92 Å². The van der Waals surface area contributed by atoms with Crippen molar-refractivity contribution in [3.63, 3.8) is 0 Å². The first-order valence-corrected chi connectivity index (χ1v) is 9.98. The highest BCUT2D eigenvalue weighted by Gasteiger charge is 2.47. The van der Waals surface area contributed by atoms with Crippen LogP contribution >= 0.6 is 11.6 Å². The molecule has 0 saturated carbocycles. The van der Waals surface area contributed by atoms with E-state index in [1.165, 1.54) is 36.4 Å². The first-order valence-electron chi connectivity index (χ1n) is 8.05. The molecule has 0 spiro atoms. The van der Waals surface area contributed by atoms with E-state index in [1.54, 1.807) is 12.1 Å². The Morgan fingerprint density at radius 1 is 1.18 bits per heavy atom. The topological polar surface area (TPSA) is 110 Å². The fourth-order valence-electron chi connectivity index (χ4n) is 2.84. The van der Waals surface area contributed by atoms with Crippen LogP contribution in [0.5, 0.6) is 0 Å². The summed E-state index contributed by atoms with van der Waals surface area (Å²) in [5.74, 6) is -1.71. The van der Waals surface area contributed by atoms with Gasteiger partial charge < -0.3 is 10.1 Å². The molecule has 1 heterocycles. The number of halogens is 1. The average Bonchev–Trinajstić information content (AvgIpc) is 2.66. The molecule has 1 unspecified atom stereocenters. The summed E-state index contributed by atoms with van der Waals surface area (Å²) < 4.78 is 30.6. The van der Waals surface area contributed by atoms with Crippen molar-refractivity contribution in [2.24, 2.45) is 0 Å². The maximum Gasteiger partial charge on any atom is 0.330 e. The third-order valence-corrected chi connectivity index (χ3v) is 6.45. The van der Waals surface area contributed by atoms with E-state index in [0.717, 1.165) is 7.11 Å². The average molecular weight is 423 g/mol. The predicted molar refractivity (Wildman–Crippen MR) is 101 cm³/mol. The monoisotopic (exact) mass is 422 g/mol. The lowest BCUT2D eigenvalue weighted by Gasteiger charge is -2.34. The minimum absolute atomic E-state index is 0.148. The Hall–Kier alpha value is -2.91. The Kier molecular flexibility index (Phi) is 5.39. The second-order valence-corrected chi connectivity index (χ2v) is 8.40. The molecule has 1 N–H and O–H groups in total. The lowest BCUT2D eigenvalue weighted by molar-refractivity contribution is -0.141. The minimum Gasteiger partial charge on any atom is -0.469 e. The van der Waals surface area contributed by atoms with Gasteiger partial charge in [0.1, 0.15) is 0 Å². The molecule has 3 amide bonds. The van der Waals surface area contributed by atoms with Crippen molar-refractivity contribution in [3.05, 3.63) is 59.1 Å². The number of nitrogens with one attached hydrogen (secondary N) is 1. The van der Waals surface area contributed by atoms with Crippen molar-refractivity contribution in [1.29, 1.82) is 0 Å². The van der Waals surface area contributed by atoms with Crippen molar-refractivity contribution < 1.29 is 27.5 Å². The van der Waals surface area contributed by atoms with Crippen LogP contribution in [0.4, 0.5) is 10.5 Å². The minimum atomic E-state index is -4.20. The number of methoxy groups -OCH3 is 1. The molecule has 0 bridgehead atoms. The number of urea groups is 1. The molecular weight excluding hydrogens is 408 g/mol. The van der Waals surface area contributed by atoms with Gasteiger partial charge in [0.25, 0.3) is 5.91 Å². The van der Waals surface area contributed by atoms with Gasteiger partial charge in [0.15, 0.2) is 5.37 Å². The van der Waals surface area contributed by atoms with Crippen LogP contribution in [0.25, 0.3) is 0 Å². The smallest absolute Gasteiger partial charge is 0.330 e. The molecule has 3 rings (SSSR count). The van der Waals surface area contributed by atoms with Gasteiger partial charge in [0.05, 0.1) is 24.0 Å². The quantitative estimate of drug-likeness (QED) is 0.761. The summed E-state index contributed by atoms with van der Waals surface area (Å²) in [4.78, 5) is 37.8. The Labute approximate surface area is 166 Å². The Morgan fingerprint density at radius 2 is 1.89 bits per heavy atom. The number of amides is 3. The maximum absolute atomic E-state index is 13.0. The SMILES string of the molecule is COC(=O)CC1N(C(=O)Nc2cccc(Cl)c2)C(=O)c2ccccc2S1(=O)=O. The van der Waals surface area contributed by atoms with Crippen LogP contribution in [-0.2, 0) is 19.4 Å². The molecule has 0 fully saturated rings. The molecule has 0 saturated heterocycles. The highest BCUT2D eigenvalue weighted by molar-refractivity contribution is 7.92. The molecule has 28 heavy (non-hydrogen) atoms. The second kappa shape index (κ2) is 7.61. The van der Waals surface area contributed by atoms with Gasteiger partial charge in [-0.3, -0.25) is 9.59 Å². The second-order valence-electron chi connectivity index (χ2n) is 5.89. The third kappa shape index (κ3) is 3.58. The molecule has 10 heteroatoms. The maximum atomic E-state index is 13.0. The Bertz CT molecular complexity index is 1070. The van der Waals surface area contributed by atoms with E-state index in [4.69, 9.17) is 11.6 Å². The number of carbonyl (C=O) groups is 3. The van der Waals surface area contributed by atoms with E-state index >= 15 is 0 Å². The Morgan fingerprint density at radius 3 is 2.57 bits per heavy atom. The summed E-state index contributed by atoms with van der Waals surface area (Å²) in [6.07, 6.45) is -0.693. The van der Waals surface area contributed by atoms with Crippen molar-refractivity contribution in [3.8, 4) is 0 Å². The zero-order valence-corrected chi connectivity index (χ0v) is 16.2. The fourth-order valence-corrected chi connectivity index (χ4v) is 4.88. The number of fused-ring (bicyclic) bond motifs is 1. The fraction of sp³-hybridized carbons (Fsp3) is 0.167. The number of sulfone groups is 1. The number of hydrogen-bond acceptors (Lipinski definition) is 6. The van der Waals surface area contributed by atoms with E-state index in [2.05, 4.69) is 10.1 Å². The highest BCUT2D eigenvalue weighted by atomic mass is 35.5. The van der Waals surface area contributed by atoms with Crippen LogP contribution < -0.4 is 5.32 Å². The summed E-state index contributed by atoms with van der Waals surface area (Å²) in [5, 5.41) is 1.04. The molecule has 8 nitrogen and oxygen atoms in total. The number of anilines is 1. The molecule has 2 aromatic rings. The summed E-state index contributed by atoms with van der Waals surface area (Å²) in [5.41, 5.74) is 0.114. The highest BCUT2D eigenvalue weighted by Crippen LogP contribution is 2.32. The normalized spacial score (nSPS) is 17.6. The largest absolute Gasteiger partial charge is 0.469 e. The van der Waals surface area contributed by atoms with E-state index in [1.807, 2.05) is 0 Å². The van der Waals surface area contributed by atoms with Gasteiger partial charge in [-0.25, -0.2) is 18.1 Å². The van der Waals surface area contributed by atoms with E-state index < -0.39 is 39.5 Å². The van der Waals surface area contributed by atoms with Crippen LogP contribution in [0, 0.1) is 0 Å². The van der Waals surface area contributed by atoms with E-state index in [-0.39, 0.29) is 16.1 Å². The number of nitrogens with zero attached hydrogens (tertiary/aromatic N) is 1. The van der Waals surface area contributed by atoms with Gasteiger partial charge in [0, 0.05) is 10.7 Å². The molecule has 1 aliphatic heterocycles. The van der Waals surface area contributed by atoms with Crippen LogP contribution in [0.1, 0.15) is 16.8 Å². The van der Waals surface area contributed by atoms with Crippen LogP contribution in [0.3, 0.4) is 0 Å². The van der Waals surface area contributed by atoms with Gasteiger partial charge in [-0.15, -0.1) is 0 Å². The van der Waals surface area contributed by atoms with Gasteiger partial charge in [-0.1, -0.05) is 29.8 Å². The van der Waals surface area contributed by atoms with Gasteiger partial charge in [0.2, 0.25) is 9.84 Å². The summed E-state index contributed by atoms with van der Waals surface area (Å²) in [7, 11) is -3.11. The molecule has 0 radical (unpaired) electrons. The lowest BCUT2D eigenvalue weighted by atomic mass is 10.2. The van der Waals surface area contributed by atoms with Gasteiger partial charge in [-0.05, 0) is 30.3 Å². The Balaban J connectivity index is 2.06. The third-order valence-electron chi connectivity index (χ3n) is 4.15. The van der Waals surface area contributed by atoms with Crippen LogP contribution in [-0.4, -0.2) is 43.7 Å². The molecule has 1 atom stereocenters. The molecule has 1 aliphatic rings. The van der Waals surface area contributed by atoms with Crippen molar-refractivity contribution in [2.45, 2.75) is 16.7 Å². The lowest BCUT2D eigenvalue weighted by Crippen LogP contribution is -2.54. The van der Waals surface area contributed by atoms with Crippen molar-refractivity contribution in [2.75, 3.05) is 12.4 Å². The number of rotatable bonds is 3. The standard InChI is InChI=1S/C18H15ClN2O6S/c1-27-16(22)10-15-21(18(24)20-12-6-4-5-11(19)9-12)17(23)13-7-2-3-8-14(13)28(15,25)26/h2-9,15H,10H2,1H3,(H,20,24). The number of benzene rings is 2. The molecular formula is C18H15ClN2O6S.